The van der Waals surface area contributed by atoms with Crippen LogP contribution in [0.5, 0.6) is 0 Å². The van der Waals surface area contributed by atoms with E-state index in [1.165, 1.54) is 20.0 Å². The first kappa shape index (κ1) is 13.9. The molecule has 0 bridgehead atoms. The molecule has 0 aromatic heterocycles. The summed E-state index contributed by atoms with van der Waals surface area (Å²) < 4.78 is 4.80. The topological polar surface area (TPSA) is 50.4 Å². The van der Waals surface area contributed by atoms with Gasteiger partial charge in [0.25, 0.3) is 0 Å². The van der Waals surface area contributed by atoms with Crippen molar-refractivity contribution < 1.29 is 9.53 Å². The number of ether oxygens (including phenoxy) is 1. The zero-order valence-electron chi connectivity index (χ0n) is 11.6. The molecule has 4 nitrogen and oxygen atoms in total. The van der Waals surface area contributed by atoms with Gasteiger partial charge in [0, 0.05) is 17.8 Å². The molecule has 0 aliphatic carbocycles. The molecular weight excluding hydrogens is 240 g/mol. The van der Waals surface area contributed by atoms with Crippen LogP contribution in [0.15, 0.2) is 24.3 Å². The number of methoxy groups -OCH3 is 1. The third kappa shape index (κ3) is 3.70. The van der Waals surface area contributed by atoms with Gasteiger partial charge in [0.15, 0.2) is 0 Å². The third-order valence-electron chi connectivity index (χ3n) is 3.53. The molecule has 2 unspecified atom stereocenters. The Bertz CT molecular complexity index is 428. The van der Waals surface area contributed by atoms with E-state index < -0.39 is 0 Å². The van der Waals surface area contributed by atoms with Crippen LogP contribution in [0.3, 0.4) is 0 Å². The Morgan fingerprint density at radius 2 is 2.32 bits per heavy atom. The standard InChI is InChI=1S/C15H22N2O2/c1-11(10-12-6-5-9-16-12)17-14-8-4-3-7-13(14)15(18)19-2/h3-4,7-8,11-12,16-17H,5-6,9-10H2,1-2H3. The largest absolute Gasteiger partial charge is 0.465 e. The van der Waals surface area contributed by atoms with Crippen molar-refractivity contribution in [2.75, 3.05) is 19.0 Å². The Balaban J connectivity index is 1.99. The van der Waals surface area contributed by atoms with Crippen LogP contribution < -0.4 is 10.6 Å². The summed E-state index contributed by atoms with van der Waals surface area (Å²) in [7, 11) is 1.41. The Hall–Kier alpha value is -1.55. The maximum atomic E-state index is 11.7. The highest BCUT2D eigenvalue weighted by Crippen LogP contribution is 2.19. The number of benzene rings is 1. The molecule has 4 heteroatoms. The van der Waals surface area contributed by atoms with Crippen molar-refractivity contribution in [2.45, 2.75) is 38.3 Å². The van der Waals surface area contributed by atoms with Crippen molar-refractivity contribution in [3.05, 3.63) is 29.8 Å². The van der Waals surface area contributed by atoms with Crippen molar-refractivity contribution in [3.8, 4) is 0 Å². The van der Waals surface area contributed by atoms with Crippen molar-refractivity contribution in [3.63, 3.8) is 0 Å². The monoisotopic (exact) mass is 262 g/mol. The predicted molar refractivity (Wildman–Crippen MR) is 76.5 cm³/mol. The summed E-state index contributed by atoms with van der Waals surface area (Å²) in [5.41, 5.74) is 1.44. The van der Waals surface area contributed by atoms with E-state index in [0.29, 0.717) is 17.6 Å². The molecule has 1 heterocycles. The highest BCUT2D eigenvalue weighted by molar-refractivity contribution is 5.95. The first-order chi connectivity index (χ1) is 9.20. The minimum absolute atomic E-state index is 0.297. The van der Waals surface area contributed by atoms with Gasteiger partial charge in [0.05, 0.1) is 12.7 Å². The third-order valence-corrected chi connectivity index (χ3v) is 3.53. The lowest BCUT2D eigenvalue weighted by atomic mass is 10.1. The second-order valence-corrected chi connectivity index (χ2v) is 5.11. The van der Waals surface area contributed by atoms with Gasteiger partial charge in [-0.25, -0.2) is 4.79 Å². The molecule has 0 radical (unpaired) electrons. The van der Waals surface area contributed by atoms with Gasteiger partial charge in [0.2, 0.25) is 0 Å². The lowest BCUT2D eigenvalue weighted by Crippen LogP contribution is -2.29. The van der Waals surface area contributed by atoms with Crippen LogP contribution in [0.1, 0.15) is 36.5 Å². The van der Waals surface area contributed by atoms with Crippen molar-refractivity contribution in [1.82, 2.24) is 5.32 Å². The quantitative estimate of drug-likeness (QED) is 0.800. The number of hydrogen-bond donors (Lipinski definition) is 2. The van der Waals surface area contributed by atoms with E-state index in [9.17, 15) is 4.79 Å². The fourth-order valence-corrected chi connectivity index (χ4v) is 2.61. The summed E-state index contributed by atoms with van der Waals surface area (Å²) in [6, 6.07) is 8.39. The fourth-order valence-electron chi connectivity index (χ4n) is 2.61. The number of para-hydroxylation sites is 1. The molecule has 1 aliphatic rings. The normalized spacial score (nSPS) is 20.0. The second kappa shape index (κ2) is 6.57. The van der Waals surface area contributed by atoms with E-state index in [2.05, 4.69) is 17.6 Å². The van der Waals surface area contributed by atoms with Gasteiger partial charge in [-0.3, -0.25) is 0 Å². The van der Waals surface area contributed by atoms with Gasteiger partial charge in [0.1, 0.15) is 0 Å². The van der Waals surface area contributed by atoms with Crippen LogP contribution in [0.25, 0.3) is 0 Å². The molecule has 1 saturated heterocycles. The highest BCUT2D eigenvalue weighted by Gasteiger charge is 2.18. The summed E-state index contributed by atoms with van der Waals surface area (Å²) in [5.74, 6) is -0.297. The minimum Gasteiger partial charge on any atom is -0.465 e. The van der Waals surface area contributed by atoms with Crippen LogP contribution in [0, 0.1) is 0 Å². The summed E-state index contributed by atoms with van der Waals surface area (Å²) in [4.78, 5) is 11.7. The van der Waals surface area contributed by atoms with Gasteiger partial charge < -0.3 is 15.4 Å². The average molecular weight is 262 g/mol. The summed E-state index contributed by atoms with van der Waals surface area (Å²) in [5, 5.41) is 6.90. The van der Waals surface area contributed by atoms with Crippen molar-refractivity contribution >= 4 is 11.7 Å². The first-order valence-electron chi connectivity index (χ1n) is 6.88. The molecule has 1 fully saturated rings. The zero-order chi connectivity index (χ0) is 13.7. The van der Waals surface area contributed by atoms with Crippen LogP contribution >= 0.6 is 0 Å². The molecule has 0 spiro atoms. The van der Waals surface area contributed by atoms with Crippen LogP contribution in [-0.2, 0) is 4.74 Å². The van der Waals surface area contributed by atoms with Crippen molar-refractivity contribution in [2.24, 2.45) is 0 Å². The number of anilines is 1. The van der Waals surface area contributed by atoms with E-state index in [4.69, 9.17) is 4.74 Å². The minimum atomic E-state index is -0.297. The molecular formula is C15H22N2O2. The maximum Gasteiger partial charge on any atom is 0.339 e. The number of hydrogen-bond acceptors (Lipinski definition) is 4. The molecule has 0 amide bonds. The molecule has 2 rings (SSSR count). The van der Waals surface area contributed by atoms with Gasteiger partial charge >= 0.3 is 5.97 Å². The first-order valence-corrected chi connectivity index (χ1v) is 6.88. The molecule has 2 N–H and O–H groups in total. The van der Waals surface area contributed by atoms with Gasteiger partial charge in [-0.2, -0.15) is 0 Å². The van der Waals surface area contributed by atoms with E-state index in [-0.39, 0.29) is 5.97 Å². The average Bonchev–Trinajstić information content (AvgIpc) is 2.91. The molecule has 2 atom stereocenters. The highest BCUT2D eigenvalue weighted by atomic mass is 16.5. The van der Waals surface area contributed by atoms with Gasteiger partial charge in [-0.15, -0.1) is 0 Å². The van der Waals surface area contributed by atoms with Crippen LogP contribution in [-0.4, -0.2) is 31.7 Å². The Labute approximate surface area is 114 Å². The number of carbonyl (C=O) groups is 1. The smallest absolute Gasteiger partial charge is 0.339 e. The SMILES string of the molecule is COC(=O)c1ccccc1NC(C)CC1CCCN1. The summed E-state index contributed by atoms with van der Waals surface area (Å²) in [6.45, 7) is 3.27. The molecule has 1 aliphatic heterocycles. The lowest BCUT2D eigenvalue weighted by molar-refractivity contribution is 0.0602. The zero-order valence-corrected chi connectivity index (χ0v) is 11.6. The lowest BCUT2D eigenvalue weighted by Gasteiger charge is -2.20. The number of esters is 1. The van der Waals surface area contributed by atoms with E-state index in [1.54, 1.807) is 6.07 Å². The van der Waals surface area contributed by atoms with E-state index >= 15 is 0 Å². The Kier molecular flexibility index (Phi) is 4.80. The molecule has 1 aromatic carbocycles. The number of carbonyl (C=O) groups excluding carboxylic acids is 1. The van der Waals surface area contributed by atoms with E-state index in [1.807, 2.05) is 18.2 Å². The number of nitrogens with one attached hydrogen (secondary N) is 2. The Morgan fingerprint density at radius 3 is 3.00 bits per heavy atom. The summed E-state index contributed by atoms with van der Waals surface area (Å²) in [6.07, 6.45) is 3.57. The van der Waals surface area contributed by atoms with E-state index in [0.717, 1.165) is 18.7 Å². The predicted octanol–water partition coefficient (Wildman–Crippen LogP) is 2.42. The fraction of sp³-hybridized carbons (Fsp3) is 0.533. The van der Waals surface area contributed by atoms with Gasteiger partial charge in [-0.1, -0.05) is 12.1 Å². The number of rotatable bonds is 5. The Morgan fingerprint density at radius 1 is 1.53 bits per heavy atom. The molecule has 1 aromatic rings. The second-order valence-electron chi connectivity index (χ2n) is 5.11. The van der Waals surface area contributed by atoms with Crippen LogP contribution in [0.2, 0.25) is 0 Å². The van der Waals surface area contributed by atoms with Crippen molar-refractivity contribution in [1.29, 1.82) is 0 Å². The molecule has 19 heavy (non-hydrogen) atoms. The van der Waals surface area contributed by atoms with Crippen LogP contribution in [0.4, 0.5) is 5.69 Å². The maximum absolute atomic E-state index is 11.7. The molecule has 0 saturated carbocycles. The summed E-state index contributed by atoms with van der Waals surface area (Å²) >= 11 is 0. The molecule has 104 valence electrons. The van der Waals surface area contributed by atoms with Gasteiger partial charge in [-0.05, 0) is 44.9 Å².